The van der Waals surface area contributed by atoms with Crippen LogP contribution in [0, 0.1) is 40.4 Å². The number of hydrogen-bond donors (Lipinski definition) is 1. The maximum atomic E-state index is 11.0. The second-order valence-electron chi connectivity index (χ2n) is 12.8. The fourth-order valence-electron chi connectivity index (χ4n) is 8.85. The van der Waals surface area contributed by atoms with Crippen molar-refractivity contribution in [2.45, 2.75) is 117 Å². The van der Waals surface area contributed by atoms with Gasteiger partial charge in [-0.05, 0) is 112 Å². The van der Waals surface area contributed by atoms with E-state index in [1.165, 1.54) is 44.1 Å². The van der Waals surface area contributed by atoms with E-state index in [0.29, 0.717) is 5.41 Å². The molecular weight excluding hydrogens is 420 g/mol. The Morgan fingerprint density at radius 3 is 2.66 bits per heavy atom. The molecule has 0 bridgehead atoms. The van der Waals surface area contributed by atoms with Crippen LogP contribution in [0.25, 0.3) is 0 Å². The van der Waals surface area contributed by atoms with Crippen LogP contribution in [0.15, 0.2) is 11.6 Å². The van der Waals surface area contributed by atoms with Crippen LogP contribution in [0.4, 0.5) is 0 Å². The standard InChI is InChI=1S/C27H46O4S/c1-18(7-6-14-25(2,3)28)22-10-11-23-21-9-8-19-17-20(31-32(29)30)12-15-26(19,4)24(21)13-16-27(22,23)5/h8,18,20-24,28H,6-7,9-17H2,1-5H3,(H,29,30)/p-1/t18-,20-,21-,22+,23-,24-,26-,27+/m0/s1. The van der Waals surface area contributed by atoms with E-state index < -0.39 is 17.0 Å². The minimum absolute atomic E-state index is 0.168. The normalized spacial score (nSPS) is 43.6. The fraction of sp³-hybridized carbons (Fsp3) is 0.926. The van der Waals surface area contributed by atoms with Crippen LogP contribution in [0.3, 0.4) is 0 Å². The second kappa shape index (κ2) is 9.09. The van der Waals surface area contributed by atoms with E-state index in [-0.39, 0.29) is 11.5 Å². The third-order valence-corrected chi connectivity index (χ3v) is 10.9. The van der Waals surface area contributed by atoms with Gasteiger partial charge >= 0.3 is 0 Å². The van der Waals surface area contributed by atoms with Gasteiger partial charge in [0.1, 0.15) is 0 Å². The highest BCUT2D eigenvalue weighted by Gasteiger charge is 2.59. The smallest absolute Gasteiger partial charge is 0.0844 e. The average molecular weight is 466 g/mol. The predicted octanol–water partition coefficient (Wildman–Crippen LogP) is 6.32. The lowest BCUT2D eigenvalue weighted by Crippen LogP contribution is -2.51. The van der Waals surface area contributed by atoms with E-state index in [2.05, 4.69) is 26.8 Å². The summed E-state index contributed by atoms with van der Waals surface area (Å²) in [5, 5.41) is 10.1. The summed E-state index contributed by atoms with van der Waals surface area (Å²) in [5.74, 6) is 3.88. The quantitative estimate of drug-likeness (QED) is 0.353. The molecule has 184 valence electrons. The van der Waals surface area contributed by atoms with Gasteiger partial charge in [-0.2, -0.15) is 0 Å². The maximum Gasteiger partial charge on any atom is 0.0844 e. The highest BCUT2D eigenvalue weighted by Crippen LogP contribution is 2.67. The Morgan fingerprint density at radius 2 is 1.97 bits per heavy atom. The molecular formula is C27H45O4S-. The van der Waals surface area contributed by atoms with E-state index in [4.69, 9.17) is 4.18 Å². The Kier molecular flexibility index (Phi) is 7.07. The van der Waals surface area contributed by atoms with Crippen molar-refractivity contribution >= 4 is 11.4 Å². The summed E-state index contributed by atoms with van der Waals surface area (Å²) in [6.07, 6.45) is 14.8. The lowest BCUT2D eigenvalue weighted by molar-refractivity contribution is -0.0560. The summed E-state index contributed by atoms with van der Waals surface area (Å²) in [5.41, 5.74) is 1.61. The molecule has 4 rings (SSSR count). The molecule has 1 N–H and O–H groups in total. The first-order valence-corrected chi connectivity index (χ1v) is 14.1. The first-order chi connectivity index (χ1) is 14.9. The van der Waals surface area contributed by atoms with Crippen LogP contribution >= 0.6 is 0 Å². The molecule has 0 radical (unpaired) electrons. The van der Waals surface area contributed by atoms with Gasteiger partial charge in [0, 0.05) is 0 Å². The fourth-order valence-corrected chi connectivity index (χ4v) is 9.24. The van der Waals surface area contributed by atoms with Crippen LogP contribution in [-0.4, -0.2) is 25.6 Å². The van der Waals surface area contributed by atoms with Crippen LogP contribution in [0.1, 0.15) is 105 Å². The van der Waals surface area contributed by atoms with Gasteiger partial charge in [0.2, 0.25) is 0 Å². The van der Waals surface area contributed by atoms with Gasteiger partial charge in [-0.1, -0.05) is 45.3 Å². The number of fused-ring (bicyclic) bond motifs is 5. The minimum atomic E-state index is -2.41. The van der Waals surface area contributed by atoms with Gasteiger partial charge in [-0.25, -0.2) is 4.21 Å². The minimum Gasteiger partial charge on any atom is -0.750 e. The molecule has 32 heavy (non-hydrogen) atoms. The van der Waals surface area contributed by atoms with E-state index >= 15 is 0 Å². The van der Waals surface area contributed by atoms with Gasteiger partial charge < -0.3 is 9.66 Å². The van der Waals surface area contributed by atoms with E-state index in [1.807, 2.05) is 13.8 Å². The number of allylic oxidation sites excluding steroid dienone is 1. The van der Waals surface area contributed by atoms with Crippen molar-refractivity contribution in [2.75, 3.05) is 0 Å². The van der Waals surface area contributed by atoms with Crippen molar-refractivity contribution in [1.29, 1.82) is 0 Å². The Morgan fingerprint density at radius 1 is 1.22 bits per heavy atom. The highest BCUT2D eigenvalue weighted by atomic mass is 32.2. The van der Waals surface area contributed by atoms with Crippen molar-refractivity contribution in [1.82, 2.24) is 0 Å². The predicted molar refractivity (Wildman–Crippen MR) is 128 cm³/mol. The summed E-state index contributed by atoms with van der Waals surface area (Å²) >= 11 is -2.41. The van der Waals surface area contributed by atoms with Crippen LogP contribution in [0.2, 0.25) is 0 Å². The second-order valence-corrected chi connectivity index (χ2v) is 13.4. The summed E-state index contributed by atoms with van der Waals surface area (Å²) < 4.78 is 27.2. The zero-order valence-corrected chi connectivity index (χ0v) is 21.7. The Labute approximate surface area is 198 Å². The largest absolute Gasteiger partial charge is 0.750 e. The third kappa shape index (κ3) is 4.65. The van der Waals surface area contributed by atoms with Crippen LogP contribution < -0.4 is 0 Å². The molecule has 0 aromatic carbocycles. The molecule has 3 fully saturated rings. The lowest BCUT2D eigenvalue weighted by atomic mass is 9.47. The van der Waals surface area contributed by atoms with Gasteiger partial charge in [0.05, 0.1) is 23.1 Å². The molecule has 0 aliphatic heterocycles. The van der Waals surface area contributed by atoms with E-state index in [9.17, 15) is 13.9 Å². The molecule has 4 nitrogen and oxygen atoms in total. The van der Waals surface area contributed by atoms with Gasteiger partial charge in [0.25, 0.3) is 0 Å². The lowest BCUT2D eigenvalue weighted by Gasteiger charge is -2.58. The zero-order valence-electron chi connectivity index (χ0n) is 20.9. The molecule has 3 saturated carbocycles. The molecule has 4 aliphatic rings. The molecule has 1 unspecified atom stereocenters. The maximum absolute atomic E-state index is 11.0. The molecule has 4 aliphatic carbocycles. The van der Waals surface area contributed by atoms with Crippen LogP contribution in [0.5, 0.6) is 0 Å². The molecule has 0 heterocycles. The van der Waals surface area contributed by atoms with Crippen LogP contribution in [-0.2, 0) is 15.5 Å². The molecule has 0 aromatic rings. The van der Waals surface area contributed by atoms with Crippen molar-refractivity contribution in [3.63, 3.8) is 0 Å². The molecule has 0 amide bonds. The highest BCUT2D eigenvalue weighted by molar-refractivity contribution is 7.74. The average Bonchev–Trinajstić information content (AvgIpc) is 3.04. The Balaban J connectivity index is 1.45. The van der Waals surface area contributed by atoms with Gasteiger partial charge in [-0.15, -0.1) is 0 Å². The first kappa shape index (κ1) is 24.9. The summed E-state index contributed by atoms with van der Waals surface area (Å²) in [6, 6.07) is 0. The van der Waals surface area contributed by atoms with E-state index in [0.717, 1.165) is 61.7 Å². The number of aliphatic hydroxyl groups is 1. The van der Waals surface area contributed by atoms with Gasteiger partial charge in [0.15, 0.2) is 0 Å². The molecule has 0 saturated heterocycles. The number of hydrogen-bond acceptors (Lipinski definition) is 4. The monoisotopic (exact) mass is 465 g/mol. The topological polar surface area (TPSA) is 69.6 Å². The molecule has 0 aromatic heterocycles. The zero-order chi connectivity index (χ0) is 23.3. The van der Waals surface area contributed by atoms with Crippen molar-refractivity contribution in [3.05, 3.63) is 11.6 Å². The summed E-state index contributed by atoms with van der Waals surface area (Å²) in [7, 11) is 0. The van der Waals surface area contributed by atoms with Crippen molar-refractivity contribution < 1.29 is 18.1 Å². The first-order valence-electron chi connectivity index (χ1n) is 13.1. The Bertz CT molecular complexity index is 742. The number of rotatable bonds is 7. The molecule has 9 atom stereocenters. The molecule has 5 heteroatoms. The summed E-state index contributed by atoms with van der Waals surface area (Å²) in [4.78, 5) is 0. The van der Waals surface area contributed by atoms with E-state index in [1.54, 1.807) is 0 Å². The Hall–Kier alpha value is -0.230. The van der Waals surface area contributed by atoms with Gasteiger partial charge in [-0.3, -0.25) is 4.18 Å². The third-order valence-electron chi connectivity index (χ3n) is 10.5. The van der Waals surface area contributed by atoms with Crippen molar-refractivity contribution in [2.24, 2.45) is 40.4 Å². The SMILES string of the molecule is C[C@@H](CCCC(C)(C)O)[C@H]1CC[C@H]2[C@@H]3CC=C4C[C@@H](OS(=O)[O-])CC[C@]4(C)[C@H]3CC[C@]12C. The summed E-state index contributed by atoms with van der Waals surface area (Å²) in [6.45, 7) is 11.4. The van der Waals surface area contributed by atoms with Crippen molar-refractivity contribution in [3.8, 4) is 0 Å². The molecule has 0 spiro atoms.